The Morgan fingerprint density at radius 2 is 1.77 bits per heavy atom. The van der Waals surface area contributed by atoms with E-state index in [-0.39, 0.29) is 5.91 Å². The van der Waals surface area contributed by atoms with E-state index >= 15 is 0 Å². The van der Waals surface area contributed by atoms with Crippen LogP contribution < -0.4 is 10.6 Å². The van der Waals surface area contributed by atoms with E-state index in [2.05, 4.69) is 42.6 Å². The lowest BCUT2D eigenvalue weighted by molar-refractivity contribution is 0.0977. The number of benzene rings is 2. The third kappa shape index (κ3) is 5.40. The molecule has 0 bridgehead atoms. The fraction of sp³-hybridized carbons (Fsp3) is 0.320. The van der Waals surface area contributed by atoms with Gasteiger partial charge in [0, 0.05) is 29.1 Å². The summed E-state index contributed by atoms with van der Waals surface area (Å²) in [6.07, 6.45) is 0. The van der Waals surface area contributed by atoms with E-state index in [1.54, 1.807) is 6.07 Å². The Bertz CT molecular complexity index is 1130. The molecule has 0 saturated carbocycles. The molecular formula is C25H31N5O. The lowest BCUT2D eigenvalue weighted by Crippen LogP contribution is -2.36. The zero-order valence-corrected chi connectivity index (χ0v) is 19.2. The second-order valence-corrected chi connectivity index (χ2v) is 7.90. The second kappa shape index (κ2) is 9.60. The number of amides is 1. The fourth-order valence-corrected chi connectivity index (χ4v) is 3.59. The molecule has 0 atom stereocenters. The van der Waals surface area contributed by atoms with Gasteiger partial charge in [0.05, 0.1) is 12.2 Å². The second-order valence-electron chi connectivity index (χ2n) is 7.90. The van der Waals surface area contributed by atoms with E-state index in [0.717, 1.165) is 40.3 Å². The molecule has 0 fully saturated rings. The van der Waals surface area contributed by atoms with Crippen molar-refractivity contribution < 1.29 is 4.79 Å². The van der Waals surface area contributed by atoms with Gasteiger partial charge in [0.1, 0.15) is 0 Å². The van der Waals surface area contributed by atoms with E-state index in [9.17, 15) is 4.79 Å². The summed E-state index contributed by atoms with van der Waals surface area (Å²) in [5.74, 6) is 0.221. The average molecular weight is 418 g/mol. The molecule has 0 aliphatic rings. The fourth-order valence-electron chi connectivity index (χ4n) is 3.59. The summed E-state index contributed by atoms with van der Waals surface area (Å²) in [6.45, 7) is 13.4. The maximum absolute atomic E-state index is 12.9. The van der Waals surface area contributed by atoms with Crippen molar-refractivity contribution in [1.82, 2.24) is 15.1 Å². The summed E-state index contributed by atoms with van der Waals surface area (Å²) in [6, 6.07) is 13.7. The SMILES string of the molecule is CCn1nc(C)c(CN=C(NC(=O)c2cccc(C)c2)Nc2ccc(C)cc2C)c1C. The molecule has 1 amide bonds. The maximum atomic E-state index is 12.9. The van der Waals surface area contributed by atoms with Crippen molar-refractivity contribution >= 4 is 17.6 Å². The van der Waals surface area contributed by atoms with E-state index < -0.39 is 0 Å². The lowest BCUT2D eigenvalue weighted by Gasteiger charge is -2.14. The van der Waals surface area contributed by atoms with Crippen LogP contribution in [0.1, 0.15) is 50.9 Å². The van der Waals surface area contributed by atoms with Crippen LogP contribution in [0.15, 0.2) is 47.5 Å². The molecule has 162 valence electrons. The quantitative estimate of drug-likeness (QED) is 0.461. The predicted molar refractivity (Wildman–Crippen MR) is 127 cm³/mol. The highest BCUT2D eigenvalue weighted by Crippen LogP contribution is 2.17. The third-order valence-corrected chi connectivity index (χ3v) is 5.37. The molecule has 6 nitrogen and oxygen atoms in total. The summed E-state index contributed by atoms with van der Waals surface area (Å²) in [7, 11) is 0. The van der Waals surface area contributed by atoms with E-state index in [1.165, 1.54) is 5.56 Å². The standard InChI is InChI=1S/C25H31N5O/c1-7-30-20(6)22(19(5)29-30)15-26-25(27-23-12-11-17(3)13-18(23)4)28-24(31)21-10-8-9-16(2)14-21/h8-14H,7,15H2,1-6H3,(H2,26,27,28,31). The molecule has 6 heteroatoms. The van der Waals surface area contributed by atoms with E-state index in [0.29, 0.717) is 18.1 Å². The van der Waals surface area contributed by atoms with Gasteiger partial charge in [-0.25, -0.2) is 4.99 Å². The van der Waals surface area contributed by atoms with Crippen LogP contribution in [0.3, 0.4) is 0 Å². The van der Waals surface area contributed by atoms with Gasteiger partial charge in [-0.15, -0.1) is 0 Å². The number of hydrogen-bond acceptors (Lipinski definition) is 3. The summed E-state index contributed by atoms with van der Waals surface area (Å²) in [5, 5.41) is 10.8. The van der Waals surface area contributed by atoms with Crippen LogP contribution in [0.2, 0.25) is 0 Å². The van der Waals surface area contributed by atoms with Gasteiger partial charge in [0.15, 0.2) is 0 Å². The van der Waals surface area contributed by atoms with Gasteiger partial charge < -0.3 is 5.32 Å². The van der Waals surface area contributed by atoms with Crippen molar-refractivity contribution in [3.05, 3.63) is 81.7 Å². The van der Waals surface area contributed by atoms with E-state index in [4.69, 9.17) is 4.99 Å². The molecule has 0 saturated heterocycles. The number of nitrogens with zero attached hydrogens (tertiary/aromatic N) is 3. The first-order valence-electron chi connectivity index (χ1n) is 10.6. The summed E-state index contributed by atoms with van der Waals surface area (Å²) in [5.41, 5.74) is 7.94. The Hall–Kier alpha value is -3.41. The Morgan fingerprint density at radius 1 is 1.03 bits per heavy atom. The molecule has 0 radical (unpaired) electrons. The van der Waals surface area contributed by atoms with Crippen LogP contribution in [0.25, 0.3) is 0 Å². The molecule has 1 heterocycles. The van der Waals surface area contributed by atoms with Crippen molar-refractivity contribution in [1.29, 1.82) is 0 Å². The molecule has 1 aromatic heterocycles. The predicted octanol–water partition coefficient (Wildman–Crippen LogP) is 4.84. The zero-order chi connectivity index (χ0) is 22.5. The Morgan fingerprint density at radius 3 is 2.42 bits per heavy atom. The highest BCUT2D eigenvalue weighted by molar-refractivity contribution is 6.10. The van der Waals surface area contributed by atoms with Crippen LogP contribution in [0, 0.1) is 34.6 Å². The van der Waals surface area contributed by atoms with Gasteiger partial charge in [-0.1, -0.05) is 35.4 Å². The number of rotatable bonds is 5. The summed E-state index contributed by atoms with van der Waals surface area (Å²) >= 11 is 0. The first-order valence-corrected chi connectivity index (χ1v) is 10.6. The number of carbonyl (C=O) groups excluding carboxylic acids is 1. The molecule has 0 spiro atoms. The van der Waals surface area contributed by atoms with Crippen molar-refractivity contribution in [3.8, 4) is 0 Å². The van der Waals surface area contributed by atoms with Crippen molar-refractivity contribution in [3.63, 3.8) is 0 Å². The van der Waals surface area contributed by atoms with Crippen molar-refractivity contribution in [2.75, 3.05) is 5.32 Å². The smallest absolute Gasteiger partial charge is 0.257 e. The first-order chi connectivity index (χ1) is 14.8. The molecule has 2 N–H and O–H groups in total. The van der Waals surface area contributed by atoms with Crippen LogP contribution in [0.5, 0.6) is 0 Å². The Labute approximate surface area is 184 Å². The number of guanidine groups is 1. The average Bonchev–Trinajstić information content (AvgIpc) is 3.01. The minimum absolute atomic E-state index is 0.197. The molecule has 0 aliphatic carbocycles. The van der Waals surface area contributed by atoms with Gasteiger partial charge in [-0.05, 0) is 65.3 Å². The monoisotopic (exact) mass is 417 g/mol. The summed E-state index contributed by atoms with van der Waals surface area (Å²) < 4.78 is 1.97. The lowest BCUT2D eigenvalue weighted by atomic mass is 10.1. The Balaban J connectivity index is 1.90. The molecule has 31 heavy (non-hydrogen) atoms. The van der Waals surface area contributed by atoms with Crippen molar-refractivity contribution in [2.24, 2.45) is 4.99 Å². The number of anilines is 1. The van der Waals surface area contributed by atoms with Crippen LogP contribution in [-0.2, 0) is 13.1 Å². The van der Waals surface area contributed by atoms with Gasteiger partial charge in [-0.2, -0.15) is 5.10 Å². The van der Waals surface area contributed by atoms with Crippen LogP contribution in [0.4, 0.5) is 5.69 Å². The molecule has 0 unspecified atom stereocenters. The van der Waals surface area contributed by atoms with Gasteiger partial charge in [0.25, 0.3) is 5.91 Å². The molecule has 3 rings (SSSR count). The number of nitrogens with one attached hydrogen (secondary N) is 2. The van der Waals surface area contributed by atoms with Crippen LogP contribution >= 0.6 is 0 Å². The van der Waals surface area contributed by atoms with Gasteiger partial charge in [0.2, 0.25) is 5.96 Å². The number of aromatic nitrogens is 2. The van der Waals surface area contributed by atoms with Crippen molar-refractivity contribution in [2.45, 2.75) is 54.6 Å². The Kier molecular flexibility index (Phi) is 6.90. The third-order valence-electron chi connectivity index (χ3n) is 5.37. The zero-order valence-electron chi connectivity index (χ0n) is 19.2. The topological polar surface area (TPSA) is 71.3 Å². The van der Waals surface area contributed by atoms with Gasteiger partial charge >= 0.3 is 0 Å². The highest BCUT2D eigenvalue weighted by Gasteiger charge is 2.13. The highest BCUT2D eigenvalue weighted by atomic mass is 16.1. The number of aryl methyl sites for hydroxylation is 5. The maximum Gasteiger partial charge on any atom is 0.257 e. The minimum Gasteiger partial charge on any atom is -0.326 e. The van der Waals surface area contributed by atoms with E-state index in [1.807, 2.05) is 55.8 Å². The number of hydrogen-bond donors (Lipinski definition) is 2. The molecule has 0 aliphatic heterocycles. The first kappa shape index (κ1) is 22.3. The minimum atomic E-state index is -0.197. The molecule has 2 aromatic carbocycles. The number of aliphatic imine (C=N–C) groups is 1. The normalized spacial score (nSPS) is 11.5. The summed E-state index contributed by atoms with van der Waals surface area (Å²) in [4.78, 5) is 17.6. The number of carbonyl (C=O) groups is 1. The van der Waals surface area contributed by atoms with Gasteiger partial charge in [-0.3, -0.25) is 14.8 Å². The molecule has 3 aromatic rings. The molecular weight excluding hydrogens is 386 g/mol. The largest absolute Gasteiger partial charge is 0.326 e. The van der Waals surface area contributed by atoms with Crippen LogP contribution in [-0.4, -0.2) is 21.6 Å².